The fraction of sp³-hybridized carbons (Fsp3) is 0.900. The molecule has 2 rings (SSSR count). The summed E-state index contributed by atoms with van der Waals surface area (Å²) in [5, 5.41) is 3.24. The molecule has 1 heterocycles. The molecule has 1 unspecified atom stereocenters. The number of nitrogens with one attached hydrogen (secondary N) is 1. The summed E-state index contributed by atoms with van der Waals surface area (Å²) < 4.78 is 5.34. The summed E-state index contributed by atoms with van der Waals surface area (Å²) in [6, 6.07) is 0.177. The summed E-state index contributed by atoms with van der Waals surface area (Å²) in [6.07, 6.45) is 5.24. The molecule has 26 heavy (non-hydrogen) atoms. The fourth-order valence-electron chi connectivity index (χ4n) is 3.73. The van der Waals surface area contributed by atoms with E-state index in [1.807, 2.05) is 20.8 Å². The maximum absolute atomic E-state index is 12.6. The molecule has 2 amide bonds. The Morgan fingerprint density at radius 3 is 2.38 bits per heavy atom. The first-order chi connectivity index (χ1) is 12.4. The first kappa shape index (κ1) is 21.0. The van der Waals surface area contributed by atoms with Gasteiger partial charge in [-0.25, -0.2) is 4.79 Å². The van der Waals surface area contributed by atoms with Crippen LogP contribution in [-0.2, 0) is 9.53 Å². The molecule has 0 spiro atoms. The van der Waals surface area contributed by atoms with E-state index in [-0.39, 0.29) is 18.0 Å². The number of ether oxygens (including phenoxy) is 1. The Bertz CT molecular complexity index is 461. The van der Waals surface area contributed by atoms with Crippen LogP contribution in [0.3, 0.4) is 0 Å². The highest BCUT2D eigenvalue weighted by Gasteiger charge is 2.28. The third-order valence-corrected chi connectivity index (χ3v) is 5.62. The molecule has 1 atom stereocenters. The van der Waals surface area contributed by atoms with Crippen LogP contribution >= 0.6 is 0 Å². The average Bonchev–Trinajstić information content (AvgIpc) is 2.87. The standard InChI is InChI=1S/C20H37N3O3/c1-15(2)14-26-20(25)23-11-5-10-22(12-13-23)17(4)19(24)21-18-8-6-16(3)7-9-18/h15-18H,5-14H2,1-4H3,(H,21,24). The molecule has 1 saturated heterocycles. The van der Waals surface area contributed by atoms with Gasteiger partial charge in [0.25, 0.3) is 0 Å². The van der Waals surface area contributed by atoms with E-state index in [4.69, 9.17) is 4.74 Å². The summed E-state index contributed by atoms with van der Waals surface area (Å²) in [7, 11) is 0. The largest absolute Gasteiger partial charge is 0.449 e. The molecule has 2 fully saturated rings. The van der Waals surface area contributed by atoms with E-state index in [2.05, 4.69) is 17.1 Å². The van der Waals surface area contributed by atoms with Crippen molar-refractivity contribution in [2.75, 3.05) is 32.8 Å². The van der Waals surface area contributed by atoms with Crippen molar-refractivity contribution in [3.05, 3.63) is 0 Å². The Morgan fingerprint density at radius 2 is 1.73 bits per heavy atom. The Hall–Kier alpha value is -1.30. The fourth-order valence-corrected chi connectivity index (χ4v) is 3.73. The van der Waals surface area contributed by atoms with E-state index < -0.39 is 0 Å². The van der Waals surface area contributed by atoms with E-state index >= 15 is 0 Å². The summed E-state index contributed by atoms with van der Waals surface area (Å²) in [6.45, 7) is 11.7. The first-order valence-corrected chi connectivity index (χ1v) is 10.3. The van der Waals surface area contributed by atoms with Crippen LogP contribution in [0, 0.1) is 11.8 Å². The predicted octanol–water partition coefficient (Wildman–Crippen LogP) is 2.87. The Kier molecular flexibility index (Phi) is 8.19. The monoisotopic (exact) mass is 367 g/mol. The SMILES string of the molecule is CC(C)COC(=O)N1CCCN(C(C)C(=O)NC2CCC(C)CC2)CC1. The van der Waals surface area contributed by atoms with Gasteiger partial charge in [-0.15, -0.1) is 0 Å². The summed E-state index contributed by atoms with van der Waals surface area (Å²) in [5.41, 5.74) is 0. The second-order valence-corrected chi connectivity index (χ2v) is 8.49. The minimum absolute atomic E-state index is 0.125. The lowest BCUT2D eigenvalue weighted by Crippen LogP contribution is -2.50. The molecule has 0 aromatic carbocycles. The van der Waals surface area contributed by atoms with Gasteiger partial charge >= 0.3 is 6.09 Å². The Labute approximate surface area is 158 Å². The van der Waals surface area contributed by atoms with Gasteiger partial charge in [0.2, 0.25) is 5.91 Å². The van der Waals surface area contributed by atoms with E-state index in [0.717, 1.165) is 31.7 Å². The van der Waals surface area contributed by atoms with Crippen LogP contribution in [0.15, 0.2) is 0 Å². The highest BCUT2D eigenvalue weighted by molar-refractivity contribution is 5.81. The zero-order chi connectivity index (χ0) is 19.1. The van der Waals surface area contributed by atoms with Gasteiger partial charge in [0.1, 0.15) is 0 Å². The molecule has 1 aliphatic carbocycles. The van der Waals surface area contributed by atoms with Gasteiger partial charge in [0.15, 0.2) is 0 Å². The van der Waals surface area contributed by atoms with Crippen molar-refractivity contribution in [2.45, 2.75) is 71.9 Å². The van der Waals surface area contributed by atoms with Gasteiger partial charge in [-0.1, -0.05) is 20.8 Å². The Morgan fingerprint density at radius 1 is 1.04 bits per heavy atom. The van der Waals surface area contributed by atoms with Crippen molar-refractivity contribution in [1.29, 1.82) is 0 Å². The van der Waals surface area contributed by atoms with Gasteiger partial charge < -0.3 is 15.0 Å². The smallest absolute Gasteiger partial charge is 0.409 e. The zero-order valence-corrected chi connectivity index (χ0v) is 17.0. The molecular formula is C20H37N3O3. The molecule has 1 aliphatic heterocycles. The van der Waals surface area contributed by atoms with E-state index in [9.17, 15) is 9.59 Å². The number of hydrogen-bond donors (Lipinski definition) is 1. The molecule has 1 saturated carbocycles. The highest BCUT2D eigenvalue weighted by Crippen LogP contribution is 2.23. The van der Waals surface area contributed by atoms with Crippen LogP contribution in [0.4, 0.5) is 4.79 Å². The summed E-state index contributed by atoms with van der Waals surface area (Å²) in [5.74, 6) is 1.25. The summed E-state index contributed by atoms with van der Waals surface area (Å²) >= 11 is 0. The van der Waals surface area contributed by atoms with Gasteiger partial charge in [-0.3, -0.25) is 9.69 Å². The number of carbonyl (C=O) groups excluding carboxylic acids is 2. The lowest BCUT2D eigenvalue weighted by atomic mass is 9.87. The molecule has 6 heteroatoms. The van der Waals surface area contributed by atoms with Crippen molar-refractivity contribution in [2.24, 2.45) is 11.8 Å². The van der Waals surface area contributed by atoms with Gasteiger partial charge in [0, 0.05) is 32.2 Å². The van der Waals surface area contributed by atoms with Crippen molar-refractivity contribution >= 4 is 12.0 Å². The number of hydrogen-bond acceptors (Lipinski definition) is 4. The number of nitrogens with zero attached hydrogens (tertiary/aromatic N) is 2. The van der Waals surface area contributed by atoms with Crippen LogP contribution in [0.25, 0.3) is 0 Å². The predicted molar refractivity (Wildman–Crippen MR) is 103 cm³/mol. The van der Waals surface area contributed by atoms with Crippen LogP contribution in [0.1, 0.15) is 59.8 Å². The normalized spacial score (nSPS) is 26.3. The average molecular weight is 368 g/mol. The highest BCUT2D eigenvalue weighted by atomic mass is 16.6. The maximum atomic E-state index is 12.6. The van der Waals surface area contributed by atoms with Crippen LogP contribution in [0.2, 0.25) is 0 Å². The molecule has 6 nitrogen and oxygen atoms in total. The second kappa shape index (κ2) is 10.1. The third kappa shape index (κ3) is 6.45. The molecule has 150 valence electrons. The van der Waals surface area contributed by atoms with Crippen molar-refractivity contribution in [3.63, 3.8) is 0 Å². The second-order valence-electron chi connectivity index (χ2n) is 8.49. The molecular weight excluding hydrogens is 330 g/mol. The van der Waals surface area contributed by atoms with Gasteiger partial charge in [0.05, 0.1) is 12.6 Å². The van der Waals surface area contributed by atoms with Crippen molar-refractivity contribution in [3.8, 4) is 0 Å². The van der Waals surface area contributed by atoms with Crippen LogP contribution in [-0.4, -0.2) is 66.7 Å². The van der Waals surface area contributed by atoms with Crippen LogP contribution in [0.5, 0.6) is 0 Å². The molecule has 1 N–H and O–H groups in total. The summed E-state index contributed by atoms with van der Waals surface area (Å²) in [4.78, 5) is 28.8. The van der Waals surface area contributed by atoms with E-state index in [1.54, 1.807) is 4.90 Å². The lowest BCUT2D eigenvalue weighted by molar-refractivity contribution is -0.126. The Balaban J connectivity index is 1.78. The molecule has 2 aliphatic rings. The number of amides is 2. The minimum atomic E-state index is -0.228. The maximum Gasteiger partial charge on any atom is 0.409 e. The molecule has 0 aromatic heterocycles. The molecule has 0 aromatic rings. The van der Waals surface area contributed by atoms with E-state index in [0.29, 0.717) is 38.2 Å². The molecule has 0 bridgehead atoms. The minimum Gasteiger partial charge on any atom is -0.449 e. The number of carbonyl (C=O) groups is 2. The van der Waals surface area contributed by atoms with Gasteiger partial charge in [-0.05, 0) is 50.9 Å². The van der Waals surface area contributed by atoms with Crippen LogP contribution < -0.4 is 5.32 Å². The third-order valence-electron chi connectivity index (χ3n) is 5.62. The van der Waals surface area contributed by atoms with Crippen molar-refractivity contribution in [1.82, 2.24) is 15.1 Å². The first-order valence-electron chi connectivity index (χ1n) is 10.3. The van der Waals surface area contributed by atoms with E-state index in [1.165, 1.54) is 12.8 Å². The topological polar surface area (TPSA) is 61.9 Å². The zero-order valence-electron chi connectivity index (χ0n) is 17.0. The quantitative estimate of drug-likeness (QED) is 0.812. The van der Waals surface area contributed by atoms with Gasteiger partial charge in [-0.2, -0.15) is 0 Å². The lowest BCUT2D eigenvalue weighted by Gasteiger charge is -2.31. The van der Waals surface area contributed by atoms with Crippen molar-refractivity contribution < 1.29 is 14.3 Å². The number of rotatable bonds is 5. The molecule has 0 radical (unpaired) electrons.